The fourth-order valence-electron chi connectivity index (χ4n) is 3.41. The van der Waals surface area contributed by atoms with Gasteiger partial charge in [0.2, 0.25) is 11.7 Å². The lowest BCUT2D eigenvalue weighted by Gasteiger charge is -2.37. The average molecular weight is 327 g/mol. The predicted molar refractivity (Wildman–Crippen MR) is 88.5 cm³/mol. The van der Waals surface area contributed by atoms with Crippen LogP contribution >= 0.6 is 0 Å². The lowest BCUT2D eigenvalue weighted by atomic mass is 9.79. The van der Waals surface area contributed by atoms with Gasteiger partial charge in [-0.1, -0.05) is 5.16 Å². The molecule has 0 N–H and O–H groups in total. The lowest BCUT2D eigenvalue weighted by Crippen LogP contribution is -2.37. The fraction of sp³-hybridized carbons (Fsp3) is 0.500. The maximum Gasteiger partial charge on any atom is 0.258 e. The Hall–Kier alpha value is -2.21. The third-order valence-corrected chi connectivity index (χ3v) is 5.13. The molecule has 24 heavy (non-hydrogen) atoms. The van der Waals surface area contributed by atoms with Gasteiger partial charge in [-0.05, 0) is 56.4 Å². The van der Waals surface area contributed by atoms with Gasteiger partial charge in [-0.15, -0.1) is 0 Å². The minimum absolute atomic E-state index is 0.195. The second-order valence-corrected chi connectivity index (χ2v) is 6.52. The van der Waals surface area contributed by atoms with Gasteiger partial charge in [-0.3, -0.25) is 4.79 Å². The number of nitrogens with zero attached hydrogens (tertiary/aromatic N) is 3. The van der Waals surface area contributed by atoms with Crippen molar-refractivity contribution >= 4 is 11.6 Å². The van der Waals surface area contributed by atoms with Crippen LogP contribution < -0.4 is 4.90 Å². The van der Waals surface area contributed by atoms with E-state index in [1.165, 1.54) is 0 Å². The van der Waals surface area contributed by atoms with E-state index in [1.807, 2.05) is 29.2 Å². The van der Waals surface area contributed by atoms with E-state index in [9.17, 15) is 4.79 Å². The highest BCUT2D eigenvalue weighted by Crippen LogP contribution is 2.43. The van der Waals surface area contributed by atoms with E-state index in [-0.39, 0.29) is 11.5 Å². The van der Waals surface area contributed by atoms with Gasteiger partial charge in [0.1, 0.15) is 5.60 Å². The molecular weight excluding hydrogens is 306 g/mol. The molecule has 0 radical (unpaired) electrons. The number of amides is 1. The zero-order valence-electron chi connectivity index (χ0n) is 13.8. The first kappa shape index (κ1) is 15.3. The third kappa shape index (κ3) is 2.51. The molecule has 2 fully saturated rings. The number of benzene rings is 1. The first-order valence-electron chi connectivity index (χ1n) is 8.52. The normalized spacial score (nSPS) is 20.0. The summed E-state index contributed by atoms with van der Waals surface area (Å²) in [5.41, 5.74) is 1.41. The second kappa shape index (κ2) is 6.02. The van der Waals surface area contributed by atoms with Crippen molar-refractivity contribution in [1.82, 2.24) is 10.1 Å². The number of methoxy groups -OCH3 is 1. The summed E-state index contributed by atoms with van der Waals surface area (Å²) in [4.78, 5) is 18.4. The first-order valence-corrected chi connectivity index (χ1v) is 8.52. The number of hydrogen-bond donors (Lipinski definition) is 0. The summed E-state index contributed by atoms with van der Waals surface area (Å²) in [6, 6.07) is 7.74. The summed E-state index contributed by atoms with van der Waals surface area (Å²) >= 11 is 0. The summed E-state index contributed by atoms with van der Waals surface area (Å²) in [6.07, 6.45) is 5.65. The maximum atomic E-state index is 12.0. The van der Waals surface area contributed by atoms with Crippen LogP contribution in [-0.4, -0.2) is 29.7 Å². The molecule has 1 aliphatic heterocycles. The van der Waals surface area contributed by atoms with Crippen LogP contribution in [0.15, 0.2) is 28.8 Å². The van der Waals surface area contributed by atoms with Crippen LogP contribution in [0.3, 0.4) is 0 Å². The third-order valence-electron chi connectivity index (χ3n) is 5.13. The Morgan fingerprint density at radius 3 is 2.58 bits per heavy atom. The highest BCUT2D eigenvalue weighted by molar-refractivity contribution is 5.94. The summed E-state index contributed by atoms with van der Waals surface area (Å²) in [7, 11) is 1.69. The number of hydrogen-bond acceptors (Lipinski definition) is 5. The topological polar surface area (TPSA) is 68.5 Å². The molecule has 2 aromatic rings. The monoisotopic (exact) mass is 327 g/mol. The molecule has 2 aliphatic rings. The van der Waals surface area contributed by atoms with Crippen molar-refractivity contribution in [1.29, 1.82) is 0 Å². The zero-order valence-corrected chi connectivity index (χ0v) is 13.8. The molecule has 1 aliphatic carbocycles. The second-order valence-electron chi connectivity index (χ2n) is 6.52. The number of aromatic nitrogens is 2. The highest BCUT2D eigenvalue weighted by Gasteiger charge is 2.43. The molecule has 1 aromatic carbocycles. The van der Waals surface area contributed by atoms with Crippen LogP contribution in [0.1, 0.15) is 44.3 Å². The van der Waals surface area contributed by atoms with Crippen molar-refractivity contribution in [2.24, 2.45) is 0 Å². The Balaban J connectivity index is 1.55. The number of piperidine rings is 1. The van der Waals surface area contributed by atoms with Crippen molar-refractivity contribution in [2.45, 2.75) is 44.1 Å². The molecule has 6 nitrogen and oxygen atoms in total. The zero-order chi connectivity index (χ0) is 16.6. The van der Waals surface area contributed by atoms with Gasteiger partial charge >= 0.3 is 0 Å². The molecule has 1 saturated carbocycles. The van der Waals surface area contributed by atoms with Crippen LogP contribution in [0.2, 0.25) is 0 Å². The first-order chi connectivity index (χ1) is 11.7. The standard InChI is InChI=1S/C18H21N3O3/c1-23-18(10-4-11-18)17-19-16(24-20-17)13-6-8-14(9-7-13)21-12-3-2-5-15(21)22/h6-9H,2-5,10-12H2,1H3. The van der Waals surface area contributed by atoms with Crippen LogP contribution in [0, 0.1) is 0 Å². The average Bonchev–Trinajstić information content (AvgIpc) is 3.05. The van der Waals surface area contributed by atoms with Gasteiger partial charge in [-0.25, -0.2) is 0 Å². The van der Waals surface area contributed by atoms with Gasteiger partial charge in [0, 0.05) is 31.3 Å². The van der Waals surface area contributed by atoms with Gasteiger partial charge in [0.05, 0.1) is 0 Å². The molecule has 1 aromatic heterocycles. The van der Waals surface area contributed by atoms with E-state index in [0.717, 1.165) is 49.9 Å². The van der Waals surface area contributed by atoms with E-state index in [4.69, 9.17) is 9.26 Å². The molecule has 4 rings (SSSR count). The Morgan fingerprint density at radius 2 is 1.96 bits per heavy atom. The smallest absolute Gasteiger partial charge is 0.258 e. The quantitative estimate of drug-likeness (QED) is 0.862. The largest absolute Gasteiger partial charge is 0.370 e. The summed E-state index contributed by atoms with van der Waals surface area (Å²) in [6.45, 7) is 0.791. The van der Waals surface area contributed by atoms with Gasteiger partial charge in [-0.2, -0.15) is 4.98 Å². The van der Waals surface area contributed by atoms with E-state index >= 15 is 0 Å². The molecule has 0 atom stereocenters. The number of carbonyl (C=O) groups is 1. The van der Waals surface area contributed by atoms with Crippen LogP contribution in [0.5, 0.6) is 0 Å². The molecule has 0 unspecified atom stereocenters. The molecule has 1 saturated heterocycles. The molecule has 0 spiro atoms. The molecule has 0 bridgehead atoms. The summed E-state index contributed by atoms with van der Waals surface area (Å²) < 4.78 is 11.0. The van der Waals surface area contributed by atoms with Crippen molar-refractivity contribution in [3.63, 3.8) is 0 Å². The molecule has 1 amide bonds. The van der Waals surface area contributed by atoms with Crippen molar-refractivity contribution < 1.29 is 14.1 Å². The van der Waals surface area contributed by atoms with E-state index in [1.54, 1.807) is 7.11 Å². The number of anilines is 1. The van der Waals surface area contributed by atoms with Gasteiger partial charge < -0.3 is 14.2 Å². The Labute approximate surface area is 140 Å². The van der Waals surface area contributed by atoms with Gasteiger partial charge in [0.15, 0.2) is 0 Å². The fourth-order valence-corrected chi connectivity index (χ4v) is 3.41. The summed E-state index contributed by atoms with van der Waals surface area (Å²) in [5, 5.41) is 4.11. The number of carbonyl (C=O) groups excluding carboxylic acids is 1. The Bertz CT molecular complexity index is 729. The summed E-state index contributed by atoms with van der Waals surface area (Å²) in [5.74, 6) is 1.31. The molecule has 2 heterocycles. The van der Waals surface area contributed by atoms with Crippen LogP contribution in [0.4, 0.5) is 5.69 Å². The minimum Gasteiger partial charge on any atom is -0.370 e. The van der Waals surface area contributed by atoms with Crippen molar-refractivity contribution in [3.05, 3.63) is 30.1 Å². The van der Waals surface area contributed by atoms with E-state index in [2.05, 4.69) is 10.1 Å². The molecule has 6 heteroatoms. The molecule has 126 valence electrons. The van der Waals surface area contributed by atoms with Crippen molar-refractivity contribution in [2.75, 3.05) is 18.6 Å². The van der Waals surface area contributed by atoms with Crippen LogP contribution in [0.25, 0.3) is 11.5 Å². The number of rotatable bonds is 4. The Kier molecular flexibility index (Phi) is 3.84. The maximum absolute atomic E-state index is 12.0. The minimum atomic E-state index is -0.373. The molecular formula is C18H21N3O3. The Morgan fingerprint density at radius 1 is 1.17 bits per heavy atom. The SMILES string of the molecule is COC1(c2noc(-c3ccc(N4CCCCC4=O)cc3)n2)CCC1. The van der Waals surface area contributed by atoms with E-state index < -0.39 is 0 Å². The van der Waals surface area contributed by atoms with Gasteiger partial charge in [0.25, 0.3) is 5.89 Å². The van der Waals surface area contributed by atoms with Crippen LogP contribution in [-0.2, 0) is 15.1 Å². The lowest BCUT2D eigenvalue weighted by molar-refractivity contribution is -0.119. The van der Waals surface area contributed by atoms with Crippen molar-refractivity contribution in [3.8, 4) is 11.5 Å². The highest BCUT2D eigenvalue weighted by atomic mass is 16.5. The van der Waals surface area contributed by atoms with E-state index in [0.29, 0.717) is 18.1 Å². The number of ether oxygens (including phenoxy) is 1. The predicted octanol–water partition coefficient (Wildman–Crippen LogP) is 3.28.